The SMILES string of the molecule is CCCCNC(=O)C(C)N(Cc1cccc(Br)c1)C(=O)CN(c1ccccc1OCC)S(=O)(=O)c1ccc(SC)cc1. The average molecular weight is 677 g/mol. The maximum Gasteiger partial charge on any atom is 0.264 e. The van der Waals surface area contributed by atoms with Gasteiger partial charge in [-0.05, 0) is 80.6 Å². The van der Waals surface area contributed by atoms with Gasteiger partial charge < -0.3 is 15.0 Å². The number of ether oxygens (including phenoxy) is 1. The number of para-hydroxylation sites is 2. The molecule has 0 saturated carbocycles. The molecule has 0 aliphatic rings. The number of halogens is 1. The fourth-order valence-electron chi connectivity index (χ4n) is 4.28. The number of nitrogens with zero attached hydrogens (tertiary/aromatic N) is 2. The first kappa shape index (κ1) is 33.5. The smallest absolute Gasteiger partial charge is 0.264 e. The molecule has 42 heavy (non-hydrogen) atoms. The Labute approximate surface area is 262 Å². The number of hydrogen-bond donors (Lipinski definition) is 1. The van der Waals surface area contributed by atoms with Gasteiger partial charge in [0, 0.05) is 22.5 Å². The summed E-state index contributed by atoms with van der Waals surface area (Å²) in [4.78, 5) is 29.6. The highest BCUT2D eigenvalue weighted by atomic mass is 79.9. The number of hydrogen-bond acceptors (Lipinski definition) is 6. The van der Waals surface area contributed by atoms with Crippen molar-refractivity contribution in [2.75, 3.05) is 30.3 Å². The Hall–Kier alpha value is -3.02. The lowest BCUT2D eigenvalue weighted by molar-refractivity contribution is -0.139. The first-order chi connectivity index (χ1) is 20.1. The molecule has 1 unspecified atom stereocenters. The molecule has 3 aromatic carbocycles. The molecule has 0 aliphatic heterocycles. The number of carbonyl (C=O) groups is 2. The van der Waals surface area contributed by atoms with E-state index in [4.69, 9.17) is 4.74 Å². The summed E-state index contributed by atoms with van der Waals surface area (Å²) in [6.07, 6.45) is 3.64. The van der Waals surface area contributed by atoms with Gasteiger partial charge in [-0.2, -0.15) is 0 Å². The van der Waals surface area contributed by atoms with Gasteiger partial charge in [0.25, 0.3) is 10.0 Å². The third-order valence-electron chi connectivity index (χ3n) is 6.60. The van der Waals surface area contributed by atoms with Crippen LogP contribution in [0.5, 0.6) is 5.75 Å². The summed E-state index contributed by atoms with van der Waals surface area (Å²) < 4.78 is 35.9. The first-order valence-corrected chi connectivity index (χ1v) is 17.3. The van der Waals surface area contributed by atoms with Gasteiger partial charge in [0.1, 0.15) is 18.3 Å². The molecule has 3 aromatic rings. The Bertz CT molecular complexity index is 1450. The van der Waals surface area contributed by atoms with Gasteiger partial charge >= 0.3 is 0 Å². The van der Waals surface area contributed by atoms with Gasteiger partial charge in [-0.1, -0.05) is 53.5 Å². The zero-order valence-electron chi connectivity index (χ0n) is 24.4. The zero-order valence-corrected chi connectivity index (χ0v) is 27.6. The van der Waals surface area contributed by atoms with Gasteiger partial charge in [-0.15, -0.1) is 11.8 Å². The first-order valence-electron chi connectivity index (χ1n) is 13.8. The van der Waals surface area contributed by atoms with Gasteiger partial charge in [0.05, 0.1) is 17.2 Å². The minimum absolute atomic E-state index is 0.0447. The van der Waals surface area contributed by atoms with E-state index in [1.54, 1.807) is 50.2 Å². The van der Waals surface area contributed by atoms with Crippen molar-refractivity contribution in [2.45, 2.75) is 56.0 Å². The van der Waals surface area contributed by atoms with E-state index >= 15 is 0 Å². The topological polar surface area (TPSA) is 96.0 Å². The second-order valence-electron chi connectivity index (χ2n) is 9.56. The second kappa shape index (κ2) is 16.0. The Kier molecular flexibility index (Phi) is 12.8. The maximum atomic E-state index is 14.1. The maximum absolute atomic E-state index is 14.1. The molecule has 0 fully saturated rings. The molecular formula is C31H38BrN3O5S2. The van der Waals surface area contributed by atoms with Crippen LogP contribution in [0.1, 0.15) is 39.2 Å². The fourth-order valence-corrected chi connectivity index (χ4v) is 6.56. The predicted octanol–water partition coefficient (Wildman–Crippen LogP) is 6.10. The van der Waals surface area contributed by atoms with Crippen LogP contribution in [-0.2, 0) is 26.2 Å². The summed E-state index contributed by atoms with van der Waals surface area (Å²) in [5.41, 5.74) is 1.03. The molecule has 1 atom stereocenters. The largest absolute Gasteiger partial charge is 0.492 e. The lowest BCUT2D eigenvalue weighted by Gasteiger charge is -2.32. The molecule has 3 rings (SSSR count). The van der Waals surface area contributed by atoms with Crippen molar-refractivity contribution < 1.29 is 22.7 Å². The molecule has 0 bridgehead atoms. The van der Waals surface area contributed by atoms with Crippen LogP contribution in [0.25, 0.3) is 0 Å². The molecule has 0 aliphatic carbocycles. The van der Waals surface area contributed by atoms with Gasteiger partial charge in [0.2, 0.25) is 11.8 Å². The molecule has 0 spiro atoms. The van der Waals surface area contributed by atoms with Crippen molar-refractivity contribution in [3.63, 3.8) is 0 Å². The van der Waals surface area contributed by atoms with E-state index in [2.05, 4.69) is 21.2 Å². The average Bonchev–Trinajstić information content (AvgIpc) is 2.99. The van der Waals surface area contributed by atoms with E-state index in [1.165, 1.54) is 28.8 Å². The van der Waals surface area contributed by atoms with Gasteiger partial charge in [0.15, 0.2) is 0 Å². The third-order valence-corrected chi connectivity index (χ3v) is 9.61. The number of anilines is 1. The summed E-state index contributed by atoms with van der Waals surface area (Å²) in [5, 5.41) is 2.90. The highest BCUT2D eigenvalue weighted by Gasteiger charge is 2.33. The van der Waals surface area contributed by atoms with Crippen LogP contribution in [-0.4, -0.2) is 57.1 Å². The van der Waals surface area contributed by atoms with Crippen molar-refractivity contribution in [1.82, 2.24) is 10.2 Å². The molecule has 0 aromatic heterocycles. The number of benzene rings is 3. The minimum Gasteiger partial charge on any atom is -0.492 e. The summed E-state index contributed by atoms with van der Waals surface area (Å²) in [6, 6.07) is 19.9. The molecule has 0 heterocycles. The lowest BCUT2D eigenvalue weighted by atomic mass is 10.1. The molecule has 0 saturated heterocycles. The number of nitrogens with one attached hydrogen (secondary N) is 1. The molecule has 0 radical (unpaired) electrons. The lowest BCUT2D eigenvalue weighted by Crippen LogP contribution is -2.51. The van der Waals surface area contributed by atoms with Gasteiger partial charge in [-0.3, -0.25) is 13.9 Å². The summed E-state index contributed by atoms with van der Waals surface area (Å²) in [5.74, 6) is -0.492. The van der Waals surface area contributed by atoms with Crippen LogP contribution in [0.15, 0.2) is 87.1 Å². The normalized spacial score (nSPS) is 11.9. The third kappa shape index (κ3) is 8.75. The van der Waals surface area contributed by atoms with E-state index in [0.29, 0.717) is 18.9 Å². The van der Waals surface area contributed by atoms with Crippen LogP contribution in [0, 0.1) is 0 Å². The molecule has 8 nitrogen and oxygen atoms in total. The highest BCUT2D eigenvalue weighted by molar-refractivity contribution is 9.10. The Morgan fingerprint density at radius 1 is 1.02 bits per heavy atom. The molecular weight excluding hydrogens is 638 g/mol. The van der Waals surface area contributed by atoms with E-state index < -0.39 is 28.5 Å². The Balaban J connectivity index is 2.06. The van der Waals surface area contributed by atoms with Crippen molar-refractivity contribution in [3.05, 3.63) is 82.8 Å². The van der Waals surface area contributed by atoms with Crippen LogP contribution in [0.3, 0.4) is 0 Å². The monoisotopic (exact) mass is 675 g/mol. The van der Waals surface area contributed by atoms with E-state index in [0.717, 1.165) is 32.1 Å². The number of unbranched alkanes of at least 4 members (excludes halogenated alkanes) is 1. The van der Waals surface area contributed by atoms with Crippen LogP contribution >= 0.6 is 27.7 Å². The number of thioether (sulfide) groups is 1. The van der Waals surface area contributed by atoms with E-state index in [9.17, 15) is 18.0 Å². The molecule has 1 N–H and O–H groups in total. The summed E-state index contributed by atoms with van der Waals surface area (Å²) in [6.45, 7) is 5.88. The Morgan fingerprint density at radius 3 is 2.38 bits per heavy atom. The van der Waals surface area contributed by atoms with Crippen LogP contribution in [0.2, 0.25) is 0 Å². The standard InChI is InChI=1S/C31H38BrN3O5S2/c1-5-7-19-33-31(37)23(3)34(21-24-11-10-12-25(32)20-24)30(36)22-35(28-13-8-9-14-29(28)40-6-2)42(38,39)27-17-15-26(41-4)16-18-27/h8-18,20,23H,5-7,19,21-22H2,1-4H3,(H,33,37). The molecule has 226 valence electrons. The minimum atomic E-state index is -4.20. The van der Waals surface area contributed by atoms with Crippen molar-refractivity contribution in [1.29, 1.82) is 0 Å². The summed E-state index contributed by atoms with van der Waals surface area (Å²) >= 11 is 4.97. The van der Waals surface area contributed by atoms with Gasteiger partial charge in [-0.25, -0.2) is 8.42 Å². The molecule has 2 amide bonds. The van der Waals surface area contributed by atoms with Crippen LogP contribution < -0.4 is 14.4 Å². The molecule has 11 heteroatoms. The predicted molar refractivity (Wildman–Crippen MR) is 172 cm³/mol. The van der Waals surface area contributed by atoms with Crippen molar-refractivity contribution >= 4 is 55.2 Å². The fraction of sp³-hybridized carbons (Fsp3) is 0.355. The Morgan fingerprint density at radius 2 is 1.74 bits per heavy atom. The van der Waals surface area contributed by atoms with E-state index in [-0.39, 0.29) is 23.0 Å². The highest BCUT2D eigenvalue weighted by Crippen LogP contribution is 2.33. The number of amides is 2. The second-order valence-corrected chi connectivity index (χ2v) is 13.2. The quantitative estimate of drug-likeness (QED) is 0.155. The summed E-state index contributed by atoms with van der Waals surface area (Å²) in [7, 11) is -4.20. The number of sulfonamides is 1. The van der Waals surface area contributed by atoms with Crippen molar-refractivity contribution in [2.24, 2.45) is 0 Å². The van der Waals surface area contributed by atoms with E-state index in [1.807, 2.05) is 37.4 Å². The van der Waals surface area contributed by atoms with Crippen LogP contribution in [0.4, 0.5) is 5.69 Å². The zero-order chi connectivity index (χ0) is 30.7. The number of carbonyl (C=O) groups excluding carboxylic acids is 2. The number of rotatable bonds is 15. The van der Waals surface area contributed by atoms with Crippen molar-refractivity contribution in [3.8, 4) is 5.75 Å².